The Balaban J connectivity index is 1.57. The Morgan fingerprint density at radius 1 is 1.14 bits per heavy atom. The molecule has 3 aromatic carbocycles. The number of hydrogen-bond acceptors (Lipinski definition) is 6. The van der Waals surface area contributed by atoms with Crippen LogP contribution in [0.4, 0.5) is 10.1 Å². The van der Waals surface area contributed by atoms with Crippen molar-refractivity contribution in [2.24, 2.45) is 4.99 Å². The van der Waals surface area contributed by atoms with Crippen LogP contribution in [-0.4, -0.2) is 24.4 Å². The summed E-state index contributed by atoms with van der Waals surface area (Å²) in [6.45, 7) is 3.68. The topological polar surface area (TPSA) is 86.2 Å². The molecule has 1 amide bonds. The Morgan fingerprint density at radius 2 is 1.92 bits per heavy atom. The van der Waals surface area contributed by atoms with Crippen molar-refractivity contribution >= 4 is 41.1 Å². The second-order valence-electron chi connectivity index (χ2n) is 7.78. The Bertz CT molecular complexity index is 1370. The van der Waals surface area contributed by atoms with Crippen LogP contribution in [-0.2, 0) is 20.9 Å². The number of anilines is 1. The number of nitrogens with one attached hydrogen (secondary N) is 1. The average Bonchev–Trinajstić information content (AvgIpc) is 3.19. The van der Waals surface area contributed by atoms with Crippen LogP contribution >= 0.6 is 11.6 Å². The summed E-state index contributed by atoms with van der Waals surface area (Å²) in [5, 5.41) is 2.93. The first-order valence-corrected chi connectivity index (χ1v) is 11.4. The molecule has 0 saturated heterocycles. The van der Waals surface area contributed by atoms with Gasteiger partial charge in [-0.25, -0.2) is 14.2 Å². The van der Waals surface area contributed by atoms with Gasteiger partial charge in [-0.2, -0.15) is 0 Å². The first-order chi connectivity index (χ1) is 17.3. The number of hydrogen-bond donors (Lipinski definition) is 1. The molecule has 9 heteroatoms. The predicted octanol–water partition coefficient (Wildman–Crippen LogP) is 5.76. The average molecular weight is 509 g/mol. The van der Waals surface area contributed by atoms with Crippen LogP contribution in [0.25, 0.3) is 6.08 Å². The number of cyclic esters (lactones) is 1. The molecule has 0 bridgehead atoms. The molecule has 0 saturated carbocycles. The summed E-state index contributed by atoms with van der Waals surface area (Å²) in [4.78, 5) is 27.9. The fourth-order valence-corrected chi connectivity index (χ4v) is 3.72. The van der Waals surface area contributed by atoms with Gasteiger partial charge in [-0.05, 0) is 72.7 Å². The molecule has 0 aromatic heterocycles. The third-order valence-corrected chi connectivity index (χ3v) is 5.26. The summed E-state index contributed by atoms with van der Waals surface area (Å²) in [6.07, 6.45) is 1.53. The van der Waals surface area contributed by atoms with Crippen molar-refractivity contribution in [1.82, 2.24) is 0 Å². The number of aliphatic imine (C=N–C) groups is 1. The van der Waals surface area contributed by atoms with Crippen LogP contribution in [0, 0.1) is 5.82 Å². The molecule has 1 N–H and O–H groups in total. The lowest BCUT2D eigenvalue weighted by atomic mass is 10.1. The van der Waals surface area contributed by atoms with Gasteiger partial charge in [-0.3, -0.25) is 4.79 Å². The van der Waals surface area contributed by atoms with Crippen molar-refractivity contribution in [3.8, 4) is 11.5 Å². The third-order valence-electron chi connectivity index (χ3n) is 4.98. The van der Waals surface area contributed by atoms with E-state index in [0.29, 0.717) is 40.5 Å². The van der Waals surface area contributed by atoms with Gasteiger partial charge < -0.3 is 19.5 Å². The first kappa shape index (κ1) is 24.9. The molecule has 1 aliphatic heterocycles. The van der Waals surface area contributed by atoms with Crippen molar-refractivity contribution in [2.75, 3.05) is 11.9 Å². The minimum Gasteiger partial charge on any atom is -0.490 e. The highest BCUT2D eigenvalue weighted by Crippen LogP contribution is 2.38. The Hall–Kier alpha value is -4.17. The molecule has 0 unspecified atom stereocenters. The fourth-order valence-electron chi connectivity index (χ4n) is 3.45. The molecular weight excluding hydrogens is 487 g/mol. The number of nitrogens with zero attached hydrogens (tertiary/aromatic N) is 1. The SMILES string of the molecule is CCOc1cc(/C=C2\N=C(c3ccc(NC(C)=O)cc3)OC2=O)cc(Cl)c1OCc1cccc(F)c1. The zero-order valence-corrected chi connectivity index (χ0v) is 20.3. The monoisotopic (exact) mass is 508 g/mol. The maximum absolute atomic E-state index is 13.5. The van der Waals surface area contributed by atoms with E-state index in [0.717, 1.165) is 0 Å². The van der Waals surface area contributed by atoms with Crippen molar-refractivity contribution in [2.45, 2.75) is 20.5 Å². The standard InChI is InChI=1S/C27H22ClFN2O5/c1-3-34-24-14-18(12-22(28)25(24)35-15-17-5-4-6-20(29)11-17)13-23-27(33)36-26(31-23)19-7-9-21(10-8-19)30-16(2)32/h4-14H,3,15H2,1-2H3,(H,30,32)/b23-13-. The van der Waals surface area contributed by atoms with Crippen molar-refractivity contribution in [3.63, 3.8) is 0 Å². The molecule has 184 valence electrons. The van der Waals surface area contributed by atoms with E-state index in [9.17, 15) is 14.0 Å². The Morgan fingerprint density at radius 3 is 2.61 bits per heavy atom. The Labute approximate surface area is 212 Å². The van der Waals surface area contributed by atoms with Crippen LogP contribution in [0.3, 0.4) is 0 Å². The van der Waals surface area contributed by atoms with E-state index in [1.165, 1.54) is 25.1 Å². The lowest BCUT2D eigenvalue weighted by Gasteiger charge is -2.14. The number of ether oxygens (including phenoxy) is 3. The summed E-state index contributed by atoms with van der Waals surface area (Å²) >= 11 is 6.47. The quantitative estimate of drug-likeness (QED) is 0.309. The van der Waals surface area contributed by atoms with Gasteiger partial charge >= 0.3 is 5.97 Å². The molecule has 36 heavy (non-hydrogen) atoms. The van der Waals surface area contributed by atoms with E-state index in [1.807, 2.05) is 6.92 Å². The van der Waals surface area contributed by atoms with Crippen LogP contribution < -0.4 is 14.8 Å². The molecule has 3 aromatic rings. The number of esters is 1. The van der Waals surface area contributed by atoms with Crippen LogP contribution in [0.5, 0.6) is 11.5 Å². The lowest BCUT2D eigenvalue weighted by Crippen LogP contribution is -2.07. The maximum atomic E-state index is 13.5. The number of rotatable bonds is 8. The van der Waals surface area contributed by atoms with E-state index < -0.39 is 5.97 Å². The summed E-state index contributed by atoms with van der Waals surface area (Å²) in [7, 11) is 0. The fraction of sp³-hybridized carbons (Fsp3) is 0.148. The van der Waals surface area contributed by atoms with Gasteiger partial charge in [0.2, 0.25) is 11.8 Å². The molecule has 7 nitrogen and oxygen atoms in total. The van der Waals surface area contributed by atoms with E-state index in [4.69, 9.17) is 25.8 Å². The smallest absolute Gasteiger partial charge is 0.363 e. The van der Waals surface area contributed by atoms with E-state index in [-0.39, 0.29) is 34.9 Å². The highest BCUT2D eigenvalue weighted by molar-refractivity contribution is 6.32. The van der Waals surface area contributed by atoms with Crippen molar-refractivity contribution in [1.29, 1.82) is 0 Å². The molecule has 0 aliphatic carbocycles. The predicted molar refractivity (Wildman–Crippen MR) is 135 cm³/mol. The summed E-state index contributed by atoms with van der Waals surface area (Å²) in [6, 6.07) is 16.1. The molecule has 1 heterocycles. The van der Waals surface area contributed by atoms with Crippen LogP contribution in [0.15, 0.2) is 71.4 Å². The molecule has 4 rings (SSSR count). The number of carbonyl (C=O) groups excluding carboxylic acids is 2. The lowest BCUT2D eigenvalue weighted by molar-refractivity contribution is -0.129. The molecule has 0 radical (unpaired) electrons. The molecule has 0 atom stereocenters. The summed E-state index contributed by atoms with van der Waals surface area (Å²) in [5.41, 5.74) is 2.47. The Kier molecular flexibility index (Phi) is 7.65. The van der Waals surface area contributed by atoms with Gasteiger partial charge in [0.15, 0.2) is 17.2 Å². The molecule has 0 spiro atoms. The van der Waals surface area contributed by atoms with Gasteiger partial charge in [0, 0.05) is 18.2 Å². The van der Waals surface area contributed by atoms with E-state index in [1.54, 1.807) is 48.5 Å². The normalized spacial score (nSPS) is 13.8. The number of amides is 1. The highest BCUT2D eigenvalue weighted by atomic mass is 35.5. The minimum atomic E-state index is -0.614. The van der Waals surface area contributed by atoms with Crippen LogP contribution in [0.2, 0.25) is 5.02 Å². The number of halogens is 2. The van der Waals surface area contributed by atoms with Gasteiger partial charge in [0.05, 0.1) is 11.6 Å². The van der Waals surface area contributed by atoms with E-state index in [2.05, 4.69) is 10.3 Å². The third kappa shape index (κ3) is 6.09. The van der Waals surface area contributed by atoms with Gasteiger partial charge in [0.25, 0.3) is 0 Å². The van der Waals surface area contributed by atoms with Crippen molar-refractivity contribution in [3.05, 3.63) is 93.9 Å². The first-order valence-electron chi connectivity index (χ1n) is 11.1. The van der Waals surface area contributed by atoms with E-state index >= 15 is 0 Å². The zero-order valence-electron chi connectivity index (χ0n) is 19.5. The molecule has 0 fully saturated rings. The van der Waals surface area contributed by atoms with Gasteiger partial charge in [-0.15, -0.1) is 0 Å². The zero-order chi connectivity index (χ0) is 25.7. The summed E-state index contributed by atoms with van der Waals surface area (Å²) in [5.74, 6) is -0.336. The van der Waals surface area contributed by atoms with Gasteiger partial charge in [-0.1, -0.05) is 23.7 Å². The molecular formula is C27H22ClFN2O5. The van der Waals surface area contributed by atoms with Crippen LogP contribution in [0.1, 0.15) is 30.5 Å². The second kappa shape index (κ2) is 11.0. The van der Waals surface area contributed by atoms with Gasteiger partial charge in [0.1, 0.15) is 12.4 Å². The second-order valence-corrected chi connectivity index (χ2v) is 8.18. The molecule has 1 aliphatic rings. The number of carbonyl (C=O) groups is 2. The number of benzene rings is 3. The maximum Gasteiger partial charge on any atom is 0.363 e. The summed E-state index contributed by atoms with van der Waals surface area (Å²) < 4.78 is 30.3. The van der Waals surface area contributed by atoms with Crippen molar-refractivity contribution < 1.29 is 28.2 Å². The minimum absolute atomic E-state index is 0.0860. The highest BCUT2D eigenvalue weighted by Gasteiger charge is 2.24. The largest absolute Gasteiger partial charge is 0.490 e.